The lowest BCUT2D eigenvalue weighted by molar-refractivity contribution is -0.126. The van der Waals surface area contributed by atoms with E-state index >= 15 is 0 Å². The smallest absolute Gasteiger partial charge is 0.222 e. The van der Waals surface area contributed by atoms with Gasteiger partial charge in [-0.15, -0.1) is 0 Å². The predicted octanol–water partition coefficient (Wildman–Crippen LogP) is 4.36. The summed E-state index contributed by atoms with van der Waals surface area (Å²) < 4.78 is 23.6. The molecule has 0 aromatic heterocycles. The van der Waals surface area contributed by atoms with Crippen LogP contribution < -0.4 is 10.6 Å². The number of carbonyl (C=O) groups excluding carboxylic acids is 2. The van der Waals surface area contributed by atoms with Crippen molar-refractivity contribution in [1.82, 2.24) is 20.4 Å². The van der Waals surface area contributed by atoms with E-state index in [-0.39, 0.29) is 41.3 Å². The Morgan fingerprint density at radius 1 is 0.739 bits per heavy atom. The van der Waals surface area contributed by atoms with Gasteiger partial charge in [-0.3, -0.25) is 19.4 Å². The molecular formula is C36H70N4O6. The minimum atomic E-state index is -0.0206. The van der Waals surface area contributed by atoms with E-state index in [1.54, 1.807) is 0 Å². The number of carbonyl (C=O) groups is 2. The molecule has 2 fully saturated rings. The van der Waals surface area contributed by atoms with E-state index in [0.29, 0.717) is 38.3 Å². The average Bonchev–Trinajstić information content (AvgIpc) is 3.00. The van der Waals surface area contributed by atoms with Crippen molar-refractivity contribution in [2.75, 3.05) is 92.0 Å². The van der Waals surface area contributed by atoms with Crippen LogP contribution in [0, 0.1) is 22.7 Å². The number of amides is 2. The van der Waals surface area contributed by atoms with Crippen LogP contribution in [0.15, 0.2) is 0 Å². The van der Waals surface area contributed by atoms with Crippen LogP contribution in [-0.4, -0.2) is 126 Å². The van der Waals surface area contributed by atoms with Gasteiger partial charge in [0.25, 0.3) is 0 Å². The maximum atomic E-state index is 12.9. The number of ether oxygens (including phenoxy) is 4. The van der Waals surface area contributed by atoms with Gasteiger partial charge in [0.2, 0.25) is 11.8 Å². The first kappa shape index (κ1) is 40.9. The number of rotatable bonds is 22. The molecule has 2 amide bonds. The van der Waals surface area contributed by atoms with Crippen molar-refractivity contribution in [3.63, 3.8) is 0 Å². The highest BCUT2D eigenvalue weighted by atomic mass is 16.5. The van der Waals surface area contributed by atoms with E-state index in [9.17, 15) is 9.59 Å². The molecule has 2 rings (SSSR count). The third-order valence-corrected chi connectivity index (χ3v) is 9.14. The Kier molecular flexibility index (Phi) is 19.2. The summed E-state index contributed by atoms with van der Waals surface area (Å²) in [5.41, 5.74) is 0.527. The quantitative estimate of drug-likeness (QED) is 0.166. The second-order valence-electron chi connectivity index (χ2n) is 15.8. The first-order valence-electron chi connectivity index (χ1n) is 18.1. The van der Waals surface area contributed by atoms with E-state index in [1.165, 1.54) is 6.42 Å². The Hall–Kier alpha value is -1.30. The van der Waals surface area contributed by atoms with Crippen LogP contribution in [0.2, 0.25) is 0 Å². The van der Waals surface area contributed by atoms with Crippen molar-refractivity contribution >= 4 is 11.8 Å². The van der Waals surface area contributed by atoms with E-state index in [2.05, 4.69) is 55.1 Å². The summed E-state index contributed by atoms with van der Waals surface area (Å²) in [5.74, 6) is 0.160. The van der Waals surface area contributed by atoms with Crippen molar-refractivity contribution in [2.45, 2.75) is 106 Å². The van der Waals surface area contributed by atoms with Gasteiger partial charge in [0, 0.05) is 77.4 Å². The van der Waals surface area contributed by atoms with Crippen LogP contribution >= 0.6 is 0 Å². The molecule has 0 bridgehead atoms. The number of morpholine rings is 2. The fraction of sp³-hybridized carbons (Fsp3) is 0.944. The summed E-state index contributed by atoms with van der Waals surface area (Å²) >= 11 is 0. The SMILES string of the molecule is CC(C)C(=O)NCC1CN(CCOCCCC(C)(C)CCC(C)C(=O)NC[C@@H]2CN(CCOCCCC(C)(C)C)CCO2)CCO1. The van der Waals surface area contributed by atoms with Gasteiger partial charge in [-0.05, 0) is 49.4 Å². The second-order valence-corrected chi connectivity index (χ2v) is 15.8. The fourth-order valence-electron chi connectivity index (χ4n) is 5.83. The van der Waals surface area contributed by atoms with Gasteiger partial charge in [0.05, 0.1) is 38.6 Å². The average molecular weight is 655 g/mol. The second kappa shape index (κ2) is 21.6. The van der Waals surface area contributed by atoms with E-state index < -0.39 is 0 Å². The summed E-state index contributed by atoms with van der Waals surface area (Å²) in [7, 11) is 0. The summed E-state index contributed by atoms with van der Waals surface area (Å²) in [6.45, 7) is 28.0. The van der Waals surface area contributed by atoms with E-state index in [1.807, 2.05) is 20.8 Å². The van der Waals surface area contributed by atoms with Crippen molar-refractivity contribution in [3.8, 4) is 0 Å². The van der Waals surface area contributed by atoms with Gasteiger partial charge in [0.1, 0.15) is 0 Å². The molecule has 0 aliphatic carbocycles. The largest absolute Gasteiger partial charge is 0.380 e. The van der Waals surface area contributed by atoms with Crippen LogP contribution in [0.1, 0.15) is 93.9 Å². The maximum Gasteiger partial charge on any atom is 0.222 e. The minimum Gasteiger partial charge on any atom is -0.380 e. The van der Waals surface area contributed by atoms with Crippen molar-refractivity contribution in [3.05, 3.63) is 0 Å². The van der Waals surface area contributed by atoms with Crippen LogP contribution in [0.4, 0.5) is 0 Å². The molecule has 2 heterocycles. The van der Waals surface area contributed by atoms with Crippen molar-refractivity contribution < 1.29 is 28.5 Å². The zero-order valence-corrected chi connectivity index (χ0v) is 30.8. The topological polar surface area (TPSA) is 102 Å². The summed E-state index contributed by atoms with van der Waals surface area (Å²) in [4.78, 5) is 29.4. The van der Waals surface area contributed by atoms with Gasteiger partial charge in [-0.1, -0.05) is 55.4 Å². The molecule has 0 aromatic rings. The molecule has 0 saturated carbocycles. The lowest BCUT2D eigenvalue weighted by atomic mass is 9.81. The molecule has 270 valence electrons. The van der Waals surface area contributed by atoms with Crippen LogP contribution in [0.5, 0.6) is 0 Å². The molecule has 10 heteroatoms. The number of nitrogens with zero attached hydrogens (tertiary/aromatic N) is 2. The molecule has 2 N–H and O–H groups in total. The molecule has 0 spiro atoms. The molecule has 0 aromatic carbocycles. The van der Waals surface area contributed by atoms with Gasteiger partial charge < -0.3 is 29.6 Å². The Balaban J connectivity index is 1.51. The van der Waals surface area contributed by atoms with Crippen molar-refractivity contribution in [1.29, 1.82) is 0 Å². The first-order chi connectivity index (χ1) is 21.7. The fourth-order valence-corrected chi connectivity index (χ4v) is 5.83. The van der Waals surface area contributed by atoms with E-state index in [0.717, 1.165) is 91.2 Å². The van der Waals surface area contributed by atoms with Gasteiger partial charge in [-0.25, -0.2) is 0 Å². The first-order valence-corrected chi connectivity index (χ1v) is 18.1. The molecule has 46 heavy (non-hydrogen) atoms. The van der Waals surface area contributed by atoms with Crippen LogP contribution in [-0.2, 0) is 28.5 Å². The summed E-state index contributed by atoms with van der Waals surface area (Å²) in [5, 5.41) is 6.12. The highest BCUT2D eigenvalue weighted by Crippen LogP contribution is 2.30. The molecule has 2 aliphatic rings. The van der Waals surface area contributed by atoms with Gasteiger partial charge in [-0.2, -0.15) is 0 Å². The van der Waals surface area contributed by atoms with E-state index in [4.69, 9.17) is 18.9 Å². The zero-order chi connectivity index (χ0) is 34.0. The predicted molar refractivity (Wildman–Crippen MR) is 185 cm³/mol. The van der Waals surface area contributed by atoms with Gasteiger partial charge >= 0.3 is 0 Å². The molecular weight excluding hydrogens is 584 g/mol. The molecule has 3 atom stereocenters. The molecule has 2 unspecified atom stereocenters. The Labute approximate surface area is 281 Å². The normalized spacial score (nSPS) is 21.0. The summed E-state index contributed by atoms with van der Waals surface area (Å²) in [6, 6.07) is 0. The number of hydrogen-bond donors (Lipinski definition) is 2. The number of hydrogen-bond acceptors (Lipinski definition) is 8. The zero-order valence-electron chi connectivity index (χ0n) is 30.8. The standard InChI is InChI=1S/C36H70N4O6/c1-29(2)33(41)37-25-31-27-39(17-23-45-31)16-22-44-20-10-13-36(7,8)14-11-30(3)34(42)38-26-32-28-40(18-24-46-32)15-21-43-19-9-12-35(4,5)6/h29-32H,9-28H2,1-8H3,(H,37,41)(H,38,42)/t30?,31?,32-/m1/s1. The monoisotopic (exact) mass is 655 g/mol. The molecule has 2 aliphatic heterocycles. The molecule has 2 saturated heterocycles. The number of nitrogens with one attached hydrogen (secondary N) is 2. The highest BCUT2D eigenvalue weighted by Gasteiger charge is 2.25. The Bertz CT molecular complexity index is 849. The Morgan fingerprint density at radius 2 is 1.24 bits per heavy atom. The summed E-state index contributed by atoms with van der Waals surface area (Å²) in [6.07, 6.45) is 6.32. The highest BCUT2D eigenvalue weighted by molar-refractivity contribution is 5.78. The molecule has 0 radical (unpaired) electrons. The van der Waals surface area contributed by atoms with Gasteiger partial charge in [0.15, 0.2) is 0 Å². The lowest BCUT2D eigenvalue weighted by Gasteiger charge is -2.33. The lowest BCUT2D eigenvalue weighted by Crippen LogP contribution is -2.48. The molecule has 10 nitrogen and oxygen atoms in total. The minimum absolute atomic E-state index is 0.00968. The van der Waals surface area contributed by atoms with Crippen LogP contribution in [0.25, 0.3) is 0 Å². The Morgan fingerprint density at radius 3 is 1.74 bits per heavy atom. The third-order valence-electron chi connectivity index (χ3n) is 9.14. The van der Waals surface area contributed by atoms with Crippen molar-refractivity contribution in [2.24, 2.45) is 22.7 Å². The maximum absolute atomic E-state index is 12.9. The van der Waals surface area contributed by atoms with Crippen LogP contribution in [0.3, 0.4) is 0 Å². The third kappa shape index (κ3) is 18.9.